The largest absolute Gasteiger partial charge is 0.483 e. The average molecular weight is 312 g/mol. The molecule has 1 N–H and O–H groups in total. The molecule has 0 saturated heterocycles. The summed E-state index contributed by atoms with van der Waals surface area (Å²) in [6, 6.07) is 0. The van der Waals surface area contributed by atoms with Gasteiger partial charge in [-0.25, -0.2) is 0 Å². The highest BCUT2D eigenvalue weighted by Crippen LogP contribution is 2.51. The number of rotatable bonds is 4. The second kappa shape index (κ2) is 5.08. The minimum Gasteiger partial charge on any atom is -0.483 e. The maximum absolute atomic E-state index is 13.5. The van der Waals surface area contributed by atoms with E-state index in [9.17, 15) is 18.3 Å². The molecule has 0 spiro atoms. The van der Waals surface area contributed by atoms with Gasteiger partial charge in [-0.3, -0.25) is 4.21 Å². The fourth-order valence-corrected chi connectivity index (χ4v) is 4.07. The van der Waals surface area contributed by atoms with Gasteiger partial charge in [0.25, 0.3) is 6.23 Å². The summed E-state index contributed by atoms with van der Waals surface area (Å²) >= 11 is 1.09. The number of ether oxygens (including phenoxy) is 1. The molecular formula is C11H16F2NO3S2+. The SMILES string of the molecule is CC(C)COc1sc(S(C)=O)c2c1C[N+](F)(F)C2O. The summed E-state index contributed by atoms with van der Waals surface area (Å²) in [5.41, 5.74) is 0.364. The van der Waals surface area contributed by atoms with Crippen LogP contribution in [0.4, 0.5) is 8.96 Å². The average Bonchev–Trinajstić information content (AvgIpc) is 2.73. The first kappa shape index (κ1) is 14.8. The smallest absolute Gasteiger partial charge is 0.295 e. The molecule has 0 aromatic carbocycles. The molecule has 0 saturated carbocycles. The molecule has 1 aromatic rings. The van der Waals surface area contributed by atoms with Crippen molar-refractivity contribution in [3.05, 3.63) is 11.1 Å². The van der Waals surface area contributed by atoms with Crippen molar-refractivity contribution in [2.45, 2.75) is 30.8 Å². The Hall–Kier alpha value is -0.570. The quantitative estimate of drug-likeness (QED) is 0.869. The molecule has 8 heteroatoms. The van der Waals surface area contributed by atoms with Crippen LogP contribution in [0.5, 0.6) is 5.06 Å². The number of quaternary nitrogens is 1. The molecule has 2 unspecified atom stereocenters. The Morgan fingerprint density at radius 3 is 2.74 bits per heavy atom. The van der Waals surface area contributed by atoms with E-state index in [1.807, 2.05) is 13.8 Å². The molecule has 1 aliphatic heterocycles. The van der Waals surface area contributed by atoms with Crippen molar-refractivity contribution in [2.24, 2.45) is 5.92 Å². The van der Waals surface area contributed by atoms with Crippen molar-refractivity contribution in [1.29, 1.82) is 0 Å². The molecule has 1 aliphatic rings. The van der Waals surface area contributed by atoms with E-state index >= 15 is 0 Å². The summed E-state index contributed by atoms with van der Waals surface area (Å²) < 4.78 is 44.5. The van der Waals surface area contributed by atoms with Crippen LogP contribution >= 0.6 is 11.3 Å². The van der Waals surface area contributed by atoms with Gasteiger partial charge >= 0.3 is 0 Å². The van der Waals surface area contributed by atoms with Gasteiger partial charge in [0.15, 0.2) is 11.6 Å². The molecule has 0 amide bonds. The van der Waals surface area contributed by atoms with E-state index in [4.69, 9.17) is 4.74 Å². The number of nitrogens with zero attached hydrogens (tertiary/aromatic N) is 1. The summed E-state index contributed by atoms with van der Waals surface area (Å²) in [7, 11) is -1.42. The van der Waals surface area contributed by atoms with Crippen LogP contribution in [-0.2, 0) is 17.3 Å². The van der Waals surface area contributed by atoms with Crippen LogP contribution in [0.1, 0.15) is 31.2 Å². The van der Waals surface area contributed by atoms with E-state index in [0.717, 1.165) is 11.3 Å². The van der Waals surface area contributed by atoms with Crippen LogP contribution in [0, 0.1) is 5.92 Å². The second-order valence-corrected chi connectivity index (χ2v) is 7.50. The summed E-state index contributed by atoms with van der Waals surface area (Å²) in [4.78, 5) is -2.53. The van der Waals surface area contributed by atoms with Crippen LogP contribution in [0.15, 0.2) is 4.21 Å². The highest BCUT2D eigenvalue weighted by molar-refractivity contribution is 7.86. The molecule has 0 bridgehead atoms. The predicted molar refractivity (Wildman–Crippen MR) is 68.1 cm³/mol. The van der Waals surface area contributed by atoms with Crippen molar-refractivity contribution in [3.63, 3.8) is 0 Å². The van der Waals surface area contributed by atoms with Crippen molar-refractivity contribution < 1.29 is 27.9 Å². The van der Waals surface area contributed by atoms with Gasteiger partial charge in [0.05, 0.1) is 33.5 Å². The molecule has 1 aromatic heterocycles. The fraction of sp³-hybridized carbons (Fsp3) is 0.636. The highest BCUT2D eigenvalue weighted by atomic mass is 32.2. The minimum absolute atomic E-state index is 0.0783. The zero-order chi connectivity index (χ0) is 14.4. The second-order valence-electron chi connectivity index (χ2n) is 4.94. The Morgan fingerprint density at radius 2 is 2.21 bits per heavy atom. The third-order valence-corrected chi connectivity index (χ3v) is 5.42. The van der Waals surface area contributed by atoms with Crippen LogP contribution in [-0.4, -0.2) is 27.1 Å². The number of hydrogen-bond donors (Lipinski definition) is 1. The Kier molecular flexibility index (Phi) is 3.97. The third kappa shape index (κ3) is 2.67. The van der Waals surface area contributed by atoms with Gasteiger partial charge in [-0.05, 0) is 5.92 Å². The number of aliphatic hydroxyl groups excluding tert-OH is 1. The molecule has 0 fully saturated rings. The lowest BCUT2D eigenvalue weighted by Gasteiger charge is -2.12. The van der Waals surface area contributed by atoms with Gasteiger partial charge in [-0.15, -0.1) is 0 Å². The number of thiophene rings is 1. The first-order valence-electron chi connectivity index (χ1n) is 5.81. The number of aliphatic hydroxyl groups is 1. The summed E-state index contributed by atoms with van der Waals surface area (Å²) in [5, 5.41) is 10.0. The Morgan fingerprint density at radius 1 is 1.58 bits per heavy atom. The molecule has 2 heterocycles. The zero-order valence-corrected chi connectivity index (χ0v) is 12.5. The monoisotopic (exact) mass is 312 g/mol. The van der Waals surface area contributed by atoms with Crippen molar-refractivity contribution in [1.82, 2.24) is 0 Å². The van der Waals surface area contributed by atoms with Crippen molar-refractivity contribution in [3.8, 4) is 5.06 Å². The number of fused-ring (bicyclic) bond motifs is 1. The molecule has 0 radical (unpaired) electrons. The third-order valence-electron chi connectivity index (χ3n) is 2.77. The van der Waals surface area contributed by atoms with Crippen molar-refractivity contribution >= 4 is 22.1 Å². The first-order valence-corrected chi connectivity index (χ1v) is 8.18. The lowest BCUT2D eigenvalue weighted by molar-refractivity contribution is -1.21. The van der Waals surface area contributed by atoms with Gasteiger partial charge in [-0.2, -0.15) is 0 Å². The molecule has 4 nitrogen and oxygen atoms in total. The molecule has 0 aliphatic carbocycles. The molecule has 19 heavy (non-hydrogen) atoms. The van der Waals surface area contributed by atoms with Gasteiger partial charge in [-0.1, -0.05) is 25.2 Å². The number of hydrogen-bond acceptors (Lipinski definition) is 4. The summed E-state index contributed by atoms with van der Waals surface area (Å²) in [6.45, 7) is 3.69. The Balaban J connectivity index is 2.41. The Bertz CT molecular complexity index is 516. The van der Waals surface area contributed by atoms with Gasteiger partial charge in [0.2, 0.25) is 0 Å². The lowest BCUT2D eigenvalue weighted by atomic mass is 10.2. The van der Waals surface area contributed by atoms with Crippen molar-refractivity contribution in [2.75, 3.05) is 12.9 Å². The maximum Gasteiger partial charge on any atom is 0.295 e. The molecular weight excluding hydrogens is 296 g/mol. The van der Waals surface area contributed by atoms with E-state index in [1.165, 1.54) is 6.26 Å². The number of halogens is 2. The first-order chi connectivity index (χ1) is 8.74. The van der Waals surface area contributed by atoms with E-state index in [0.29, 0.717) is 11.7 Å². The molecule has 2 atom stereocenters. The van der Waals surface area contributed by atoms with E-state index in [2.05, 4.69) is 0 Å². The van der Waals surface area contributed by atoms with E-state index < -0.39 is 28.5 Å². The van der Waals surface area contributed by atoms with Gasteiger partial charge < -0.3 is 9.84 Å². The van der Waals surface area contributed by atoms with Gasteiger partial charge in [0, 0.05) is 15.2 Å². The highest BCUT2D eigenvalue weighted by Gasteiger charge is 2.54. The predicted octanol–water partition coefficient (Wildman–Crippen LogP) is 2.61. The fourth-order valence-electron chi connectivity index (χ4n) is 1.90. The van der Waals surface area contributed by atoms with Crippen LogP contribution in [0.3, 0.4) is 0 Å². The van der Waals surface area contributed by atoms with Crippen LogP contribution < -0.4 is 4.74 Å². The lowest BCUT2D eigenvalue weighted by Crippen LogP contribution is -2.28. The van der Waals surface area contributed by atoms with E-state index in [-0.39, 0.29) is 21.3 Å². The molecule has 2 rings (SSSR count). The summed E-state index contributed by atoms with van der Waals surface area (Å²) in [6.07, 6.45) is -0.532. The van der Waals surface area contributed by atoms with Crippen LogP contribution in [0.25, 0.3) is 0 Å². The normalized spacial score (nSPS) is 22.6. The zero-order valence-electron chi connectivity index (χ0n) is 10.9. The van der Waals surface area contributed by atoms with Gasteiger partial charge in [0.1, 0.15) is 4.21 Å². The standard InChI is InChI=1S/C11H16F2NO3S2/c1-6(2)5-17-10-7-4-14(12,13)9(15)8(7)11(18-10)19(3)16/h6,9,15H,4-5H2,1-3H3/q+1. The summed E-state index contributed by atoms with van der Waals surface area (Å²) in [5.74, 6) is 0.259. The molecule has 108 valence electrons. The Labute approximate surface area is 116 Å². The van der Waals surface area contributed by atoms with Crippen LogP contribution in [0.2, 0.25) is 0 Å². The minimum atomic E-state index is -2.53. The van der Waals surface area contributed by atoms with E-state index in [1.54, 1.807) is 0 Å². The topological polar surface area (TPSA) is 46.5 Å². The maximum atomic E-state index is 13.5.